The fraction of sp³-hybridized carbons (Fsp3) is 0.714. The Balaban J connectivity index is 4.24. The summed E-state index contributed by atoms with van der Waals surface area (Å²) in [6.45, 7) is 3.46. The molecule has 0 rings (SSSR count). The van der Waals surface area contributed by atoms with Crippen molar-refractivity contribution in [1.29, 1.82) is 0 Å². The third-order valence-corrected chi connectivity index (χ3v) is 1.43. The summed E-state index contributed by atoms with van der Waals surface area (Å²) in [6, 6.07) is -0.794. The lowest BCUT2D eigenvalue weighted by molar-refractivity contribution is -0.134. The van der Waals surface area contributed by atoms with Crippen LogP contribution in [-0.2, 0) is 9.63 Å². The van der Waals surface area contributed by atoms with E-state index in [-0.39, 0.29) is 5.92 Å². The fourth-order valence-electron chi connectivity index (χ4n) is 0.832. The molecular weight excluding hydrogens is 176 g/mol. The molecule has 0 aromatic carbocycles. The van der Waals surface area contributed by atoms with Crippen LogP contribution in [0.25, 0.3) is 0 Å². The number of carbonyl (C=O) groups excluding carboxylic acids is 1. The van der Waals surface area contributed by atoms with Gasteiger partial charge in [-0.25, -0.2) is 10.3 Å². The van der Waals surface area contributed by atoms with E-state index in [0.29, 0.717) is 0 Å². The molecule has 3 N–H and O–H groups in total. The highest BCUT2D eigenvalue weighted by atomic mass is 16.6. The molecule has 1 atom stereocenters. The Morgan fingerprint density at radius 1 is 1.38 bits per heavy atom. The van der Waals surface area contributed by atoms with Gasteiger partial charge in [-0.05, 0) is 5.92 Å². The molecule has 6 nitrogen and oxygen atoms in total. The lowest BCUT2D eigenvalue weighted by Crippen LogP contribution is -2.48. The Labute approximate surface area is 76.2 Å². The van der Waals surface area contributed by atoms with E-state index >= 15 is 0 Å². The lowest BCUT2D eigenvalue weighted by Gasteiger charge is -2.18. The maximum Gasteiger partial charge on any atom is 0.405 e. The van der Waals surface area contributed by atoms with Gasteiger partial charge >= 0.3 is 6.09 Å². The van der Waals surface area contributed by atoms with Crippen molar-refractivity contribution in [3.8, 4) is 0 Å². The molecule has 0 aliphatic heterocycles. The molecule has 0 saturated heterocycles. The molecular formula is C7H14N2O4. The van der Waals surface area contributed by atoms with E-state index in [1.54, 1.807) is 13.8 Å². The Hall–Kier alpha value is -1.30. The molecule has 0 aliphatic rings. The quantitative estimate of drug-likeness (QED) is 0.542. The lowest BCUT2D eigenvalue weighted by atomic mass is 10.0. The minimum absolute atomic E-state index is 0.133. The second kappa shape index (κ2) is 5.36. The summed E-state index contributed by atoms with van der Waals surface area (Å²) in [5, 5.41) is 10.5. The van der Waals surface area contributed by atoms with Gasteiger partial charge in [-0.15, -0.1) is 0 Å². The molecule has 13 heavy (non-hydrogen) atoms. The summed E-state index contributed by atoms with van der Waals surface area (Å²) < 4.78 is 0. The average Bonchev–Trinajstić information content (AvgIpc) is 1.99. The first-order valence-corrected chi connectivity index (χ1v) is 3.81. The largest absolute Gasteiger partial charge is 0.465 e. The Kier molecular flexibility index (Phi) is 4.83. The zero-order chi connectivity index (χ0) is 10.4. The molecule has 0 fully saturated rings. The van der Waals surface area contributed by atoms with Crippen LogP contribution in [-0.4, -0.2) is 30.3 Å². The van der Waals surface area contributed by atoms with E-state index in [9.17, 15) is 9.59 Å². The molecule has 6 heteroatoms. The molecule has 0 aliphatic carbocycles. The molecule has 2 amide bonds. The van der Waals surface area contributed by atoms with Gasteiger partial charge in [0.15, 0.2) is 0 Å². The molecule has 0 radical (unpaired) electrons. The highest BCUT2D eigenvalue weighted by molar-refractivity contribution is 5.84. The van der Waals surface area contributed by atoms with Crippen LogP contribution in [0.15, 0.2) is 0 Å². The van der Waals surface area contributed by atoms with Crippen molar-refractivity contribution in [1.82, 2.24) is 10.8 Å². The number of hydrogen-bond donors (Lipinski definition) is 3. The monoisotopic (exact) mass is 190 g/mol. The Morgan fingerprint density at radius 3 is 2.23 bits per heavy atom. The van der Waals surface area contributed by atoms with E-state index in [2.05, 4.69) is 15.6 Å². The third-order valence-electron chi connectivity index (χ3n) is 1.43. The predicted molar refractivity (Wildman–Crippen MR) is 44.9 cm³/mol. The van der Waals surface area contributed by atoms with Gasteiger partial charge in [0.05, 0.1) is 7.11 Å². The predicted octanol–water partition coefficient (Wildman–Crippen LogP) is -0.0438. The second-order valence-corrected chi connectivity index (χ2v) is 2.84. The van der Waals surface area contributed by atoms with Crippen LogP contribution in [0.5, 0.6) is 0 Å². The second-order valence-electron chi connectivity index (χ2n) is 2.84. The van der Waals surface area contributed by atoms with Crippen LogP contribution in [0.2, 0.25) is 0 Å². The highest BCUT2D eigenvalue weighted by Gasteiger charge is 2.23. The molecule has 0 saturated carbocycles. The van der Waals surface area contributed by atoms with Gasteiger partial charge in [-0.2, -0.15) is 0 Å². The summed E-state index contributed by atoms with van der Waals surface area (Å²) >= 11 is 0. The van der Waals surface area contributed by atoms with Gasteiger partial charge in [0.1, 0.15) is 6.04 Å². The van der Waals surface area contributed by atoms with Crippen molar-refractivity contribution in [3.05, 3.63) is 0 Å². The van der Waals surface area contributed by atoms with Crippen LogP contribution < -0.4 is 10.8 Å². The number of rotatable bonds is 4. The van der Waals surface area contributed by atoms with Gasteiger partial charge in [0.25, 0.3) is 5.91 Å². The number of amides is 2. The van der Waals surface area contributed by atoms with Crippen molar-refractivity contribution in [2.75, 3.05) is 7.11 Å². The first-order chi connectivity index (χ1) is 5.99. The Morgan fingerprint density at radius 2 is 1.92 bits per heavy atom. The summed E-state index contributed by atoms with van der Waals surface area (Å²) in [5.41, 5.74) is 2.07. The van der Waals surface area contributed by atoms with Crippen LogP contribution in [0.3, 0.4) is 0 Å². The maximum atomic E-state index is 11.2. The number of hydroxylamine groups is 1. The number of nitrogens with one attached hydrogen (secondary N) is 2. The van der Waals surface area contributed by atoms with E-state index in [1.165, 1.54) is 7.11 Å². The number of hydrogen-bond acceptors (Lipinski definition) is 3. The zero-order valence-electron chi connectivity index (χ0n) is 7.83. The average molecular weight is 190 g/mol. The standard InChI is InChI=1S/C7H14N2O4/c1-4(2)5(8-7(11)12)6(10)9-13-3/h4-5,8H,1-3H3,(H,9,10)(H,11,12)/t5-/m0/s1. The van der Waals surface area contributed by atoms with Crippen molar-refractivity contribution in [2.45, 2.75) is 19.9 Å². The van der Waals surface area contributed by atoms with Crippen LogP contribution in [0.4, 0.5) is 4.79 Å². The number of carbonyl (C=O) groups is 2. The first-order valence-electron chi connectivity index (χ1n) is 3.81. The minimum atomic E-state index is -1.23. The molecule has 0 unspecified atom stereocenters. The SMILES string of the molecule is CONC(=O)[C@@H](NC(=O)O)C(C)C. The van der Waals surface area contributed by atoms with Gasteiger partial charge in [0.2, 0.25) is 0 Å². The van der Waals surface area contributed by atoms with Gasteiger partial charge < -0.3 is 10.4 Å². The summed E-state index contributed by atoms with van der Waals surface area (Å²) in [4.78, 5) is 25.8. The fourth-order valence-corrected chi connectivity index (χ4v) is 0.832. The van der Waals surface area contributed by atoms with Crippen molar-refractivity contribution in [2.24, 2.45) is 5.92 Å². The minimum Gasteiger partial charge on any atom is -0.465 e. The van der Waals surface area contributed by atoms with E-state index in [4.69, 9.17) is 5.11 Å². The van der Waals surface area contributed by atoms with Gasteiger partial charge in [0, 0.05) is 0 Å². The van der Waals surface area contributed by atoms with Crippen molar-refractivity contribution < 1.29 is 19.5 Å². The van der Waals surface area contributed by atoms with E-state index in [1.807, 2.05) is 0 Å². The summed E-state index contributed by atoms with van der Waals surface area (Å²) in [7, 11) is 1.29. The van der Waals surface area contributed by atoms with Gasteiger partial charge in [-0.1, -0.05) is 13.8 Å². The van der Waals surface area contributed by atoms with Crippen LogP contribution in [0.1, 0.15) is 13.8 Å². The summed E-state index contributed by atoms with van der Waals surface area (Å²) in [6.07, 6.45) is -1.23. The van der Waals surface area contributed by atoms with Crippen molar-refractivity contribution >= 4 is 12.0 Å². The molecule has 0 aromatic rings. The maximum absolute atomic E-state index is 11.2. The van der Waals surface area contributed by atoms with Crippen LogP contribution in [0, 0.1) is 5.92 Å². The smallest absolute Gasteiger partial charge is 0.405 e. The van der Waals surface area contributed by atoms with Crippen molar-refractivity contribution in [3.63, 3.8) is 0 Å². The Bertz CT molecular complexity index is 193. The van der Waals surface area contributed by atoms with E-state index < -0.39 is 18.0 Å². The summed E-state index contributed by atoms with van der Waals surface area (Å²) in [5.74, 6) is -0.633. The molecule has 0 bridgehead atoms. The van der Waals surface area contributed by atoms with Gasteiger partial charge in [-0.3, -0.25) is 9.63 Å². The third kappa shape index (κ3) is 4.32. The number of carboxylic acid groups (broad SMARTS) is 1. The molecule has 0 spiro atoms. The van der Waals surface area contributed by atoms with Crippen LogP contribution >= 0.6 is 0 Å². The normalized spacial score (nSPS) is 12.3. The van der Waals surface area contributed by atoms with E-state index in [0.717, 1.165) is 0 Å². The zero-order valence-corrected chi connectivity index (χ0v) is 7.83. The topological polar surface area (TPSA) is 87.7 Å². The molecule has 0 heterocycles. The highest BCUT2D eigenvalue weighted by Crippen LogP contribution is 2.01. The first kappa shape index (κ1) is 11.7. The molecule has 0 aromatic heterocycles. The molecule has 76 valence electrons.